The van der Waals surface area contributed by atoms with Crippen LogP contribution in [0, 0.1) is 6.92 Å². The van der Waals surface area contributed by atoms with E-state index in [-0.39, 0.29) is 12.1 Å². The minimum absolute atomic E-state index is 0.0697. The Hall–Kier alpha value is -3.88. The largest absolute Gasteiger partial charge is 0.465 e. The maximum atomic E-state index is 12.9. The highest BCUT2D eigenvalue weighted by Crippen LogP contribution is 2.22. The van der Waals surface area contributed by atoms with Crippen LogP contribution in [0.15, 0.2) is 48.5 Å². The highest BCUT2D eigenvalue weighted by Gasteiger charge is 2.38. The van der Waals surface area contributed by atoms with E-state index in [0.717, 1.165) is 11.1 Å². The topological polar surface area (TPSA) is 99.3 Å². The van der Waals surface area contributed by atoms with Crippen molar-refractivity contribution < 1.29 is 23.9 Å². The first kappa shape index (κ1) is 24.3. The first-order valence-electron chi connectivity index (χ1n) is 11.8. The van der Waals surface area contributed by atoms with E-state index in [4.69, 9.17) is 4.74 Å². The summed E-state index contributed by atoms with van der Waals surface area (Å²) in [6.45, 7) is 4.36. The number of rotatable bonds is 5. The van der Waals surface area contributed by atoms with Gasteiger partial charge in [-0.05, 0) is 43.5 Å². The van der Waals surface area contributed by atoms with Gasteiger partial charge in [0.2, 0.25) is 0 Å². The number of hydrogen-bond acceptors (Lipinski definition) is 5. The summed E-state index contributed by atoms with van der Waals surface area (Å²) < 4.78 is 4.72. The molecule has 0 spiro atoms. The molecule has 9 nitrogen and oxygen atoms in total. The van der Waals surface area contributed by atoms with E-state index in [9.17, 15) is 19.2 Å². The van der Waals surface area contributed by atoms with Crippen LogP contribution in [0.25, 0.3) is 0 Å². The molecular weight excluding hydrogens is 448 g/mol. The van der Waals surface area contributed by atoms with E-state index < -0.39 is 17.8 Å². The fraction of sp³-hybridized carbons (Fsp3) is 0.385. The number of likely N-dealkylation sites (tertiary alicyclic amines) is 1. The summed E-state index contributed by atoms with van der Waals surface area (Å²) >= 11 is 0. The third-order valence-corrected chi connectivity index (χ3v) is 6.56. The van der Waals surface area contributed by atoms with Crippen LogP contribution in [0.4, 0.5) is 10.5 Å². The SMILES string of the molecule is COC(=O)c1cccc(NC(=O)N2CCC(N3CCN(Cc4ccc(C)cc4)C(=O)C3=O)CC2)c1. The summed E-state index contributed by atoms with van der Waals surface area (Å²) in [5.41, 5.74) is 3.01. The molecule has 0 aromatic heterocycles. The Morgan fingerprint density at radius 1 is 0.971 bits per heavy atom. The van der Waals surface area contributed by atoms with Gasteiger partial charge in [0.15, 0.2) is 0 Å². The first-order chi connectivity index (χ1) is 16.9. The van der Waals surface area contributed by atoms with E-state index in [2.05, 4.69) is 5.32 Å². The third-order valence-electron chi connectivity index (χ3n) is 6.56. The lowest BCUT2D eigenvalue weighted by molar-refractivity contribution is -0.158. The summed E-state index contributed by atoms with van der Waals surface area (Å²) in [5.74, 6) is -1.41. The van der Waals surface area contributed by atoms with Crippen molar-refractivity contribution in [1.82, 2.24) is 14.7 Å². The van der Waals surface area contributed by atoms with Crippen LogP contribution in [0.3, 0.4) is 0 Å². The third kappa shape index (κ3) is 5.62. The number of nitrogens with one attached hydrogen (secondary N) is 1. The molecule has 4 rings (SSSR count). The van der Waals surface area contributed by atoms with E-state index in [1.807, 2.05) is 31.2 Å². The summed E-state index contributed by atoms with van der Waals surface area (Å²) in [6.07, 6.45) is 1.21. The van der Waals surface area contributed by atoms with E-state index in [1.165, 1.54) is 7.11 Å². The Balaban J connectivity index is 1.29. The van der Waals surface area contributed by atoms with Crippen LogP contribution >= 0.6 is 0 Å². The van der Waals surface area contributed by atoms with Gasteiger partial charge in [-0.2, -0.15) is 0 Å². The van der Waals surface area contributed by atoms with Crippen LogP contribution in [-0.4, -0.2) is 77.8 Å². The fourth-order valence-corrected chi connectivity index (χ4v) is 4.53. The molecular formula is C26H30N4O5. The highest BCUT2D eigenvalue weighted by molar-refractivity contribution is 6.35. The predicted molar refractivity (Wildman–Crippen MR) is 130 cm³/mol. The zero-order chi connectivity index (χ0) is 24.9. The molecule has 2 aliphatic rings. The molecule has 4 amide bonds. The standard InChI is InChI=1S/C26H30N4O5/c1-18-6-8-19(9-7-18)17-29-14-15-30(24(32)23(29)31)22-10-12-28(13-11-22)26(34)27-21-5-3-4-20(16-21)25(33)35-2/h3-9,16,22H,10-15,17H2,1-2H3,(H,27,34). The summed E-state index contributed by atoms with van der Waals surface area (Å²) in [6, 6.07) is 14.2. The molecule has 0 aliphatic carbocycles. The van der Waals surface area contributed by atoms with Crippen molar-refractivity contribution in [3.8, 4) is 0 Å². The van der Waals surface area contributed by atoms with Crippen LogP contribution in [0.5, 0.6) is 0 Å². The molecule has 2 aliphatic heterocycles. The molecule has 2 heterocycles. The first-order valence-corrected chi connectivity index (χ1v) is 11.8. The van der Waals surface area contributed by atoms with E-state index >= 15 is 0 Å². The number of piperazine rings is 1. The fourth-order valence-electron chi connectivity index (χ4n) is 4.53. The van der Waals surface area contributed by atoms with Crippen molar-refractivity contribution in [2.45, 2.75) is 32.4 Å². The molecule has 0 radical (unpaired) electrons. The Kier molecular flexibility index (Phi) is 7.33. The quantitative estimate of drug-likeness (QED) is 0.526. The molecule has 0 saturated carbocycles. The summed E-state index contributed by atoms with van der Waals surface area (Å²) in [4.78, 5) is 55.0. The Morgan fingerprint density at radius 3 is 2.37 bits per heavy atom. The van der Waals surface area contributed by atoms with Gasteiger partial charge in [0.05, 0.1) is 12.7 Å². The molecule has 2 aromatic carbocycles. The van der Waals surface area contributed by atoms with Gasteiger partial charge >= 0.3 is 23.8 Å². The molecule has 184 valence electrons. The molecule has 2 aromatic rings. The number of ether oxygens (including phenoxy) is 1. The Morgan fingerprint density at radius 2 is 1.69 bits per heavy atom. The lowest BCUT2D eigenvalue weighted by Crippen LogP contribution is -2.59. The number of methoxy groups -OCH3 is 1. The normalized spacial score (nSPS) is 16.9. The highest BCUT2D eigenvalue weighted by atomic mass is 16.5. The average molecular weight is 479 g/mol. The molecule has 1 N–H and O–H groups in total. The van der Waals surface area contributed by atoms with Crippen molar-refractivity contribution in [3.63, 3.8) is 0 Å². The van der Waals surface area contributed by atoms with Crippen LogP contribution in [-0.2, 0) is 20.9 Å². The summed E-state index contributed by atoms with van der Waals surface area (Å²) in [7, 11) is 1.31. The van der Waals surface area contributed by atoms with Crippen molar-refractivity contribution >= 4 is 29.5 Å². The second kappa shape index (κ2) is 10.6. The Labute approximate surface area is 204 Å². The average Bonchev–Trinajstić information content (AvgIpc) is 2.88. The molecule has 0 atom stereocenters. The van der Waals surface area contributed by atoms with E-state index in [0.29, 0.717) is 56.8 Å². The van der Waals surface area contributed by atoms with Crippen molar-refractivity contribution in [3.05, 3.63) is 65.2 Å². The van der Waals surface area contributed by atoms with Crippen LogP contribution in [0.2, 0.25) is 0 Å². The van der Waals surface area contributed by atoms with E-state index in [1.54, 1.807) is 39.0 Å². The molecule has 0 unspecified atom stereocenters. The number of benzene rings is 2. The zero-order valence-corrected chi connectivity index (χ0v) is 20.0. The van der Waals surface area contributed by atoms with Gasteiger partial charge in [-0.15, -0.1) is 0 Å². The molecule has 9 heteroatoms. The number of anilines is 1. The summed E-state index contributed by atoms with van der Waals surface area (Å²) in [5, 5.41) is 2.81. The Bertz CT molecular complexity index is 1110. The number of carbonyl (C=O) groups is 4. The number of amides is 4. The number of piperidine rings is 1. The number of aryl methyl sites for hydroxylation is 1. The smallest absolute Gasteiger partial charge is 0.337 e. The lowest BCUT2D eigenvalue weighted by atomic mass is 10.0. The van der Waals surface area contributed by atoms with Gasteiger partial charge in [-0.25, -0.2) is 9.59 Å². The van der Waals surface area contributed by atoms with Crippen LogP contribution < -0.4 is 5.32 Å². The van der Waals surface area contributed by atoms with Gasteiger partial charge in [0.1, 0.15) is 0 Å². The molecule has 35 heavy (non-hydrogen) atoms. The van der Waals surface area contributed by atoms with Crippen LogP contribution in [0.1, 0.15) is 34.3 Å². The van der Waals surface area contributed by atoms with Crippen molar-refractivity contribution in [2.24, 2.45) is 0 Å². The van der Waals surface area contributed by atoms with Gasteiger partial charge in [0, 0.05) is 44.5 Å². The van der Waals surface area contributed by atoms with Gasteiger partial charge in [0.25, 0.3) is 0 Å². The number of urea groups is 1. The van der Waals surface area contributed by atoms with Gasteiger partial charge in [-0.1, -0.05) is 35.9 Å². The minimum Gasteiger partial charge on any atom is -0.465 e. The maximum Gasteiger partial charge on any atom is 0.337 e. The maximum absolute atomic E-state index is 12.9. The molecule has 0 bridgehead atoms. The number of hydrogen-bond donors (Lipinski definition) is 1. The number of carbonyl (C=O) groups excluding carboxylic acids is 4. The molecule has 2 fully saturated rings. The van der Waals surface area contributed by atoms with Crippen molar-refractivity contribution in [2.75, 3.05) is 38.6 Å². The van der Waals surface area contributed by atoms with Gasteiger partial charge < -0.3 is 24.8 Å². The predicted octanol–water partition coefficient (Wildman–Crippen LogP) is 2.65. The van der Waals surface area contributed by atoms with Gasteiger partial charge in [-0.3, -0.25) is 9.59 Å². The zero-order valence-electron chi connectivity index (χ0n) is 20.0. The minimum atomic E-state index is -0.472. The second-order valence-electron chi connectivity index (χ2n) is 8.93. The lowest BCUT2D eigenvalue weighted by Gasteiger charge is -2.42. The number of nitrogens with zero attached hydrogens (tertiary/aromatic N) is 3. The number of esters is 1. The monoisotopic (exact) mass is 478 g/mol. The molecule has 2 saturated heterocycles. The van der Waals surface area contributed by atoms with Crippen molar-refractivity contribution in [1.29, 1.82) is 0 Å². The second-order valence-corrected chi connectivity index (χ2v) is 8.93.